The molecule has 0 unspecified atom stereocenters. The van der Waals surface area contributed by atoms with Crippen molar-refractivity contribution < 1.29 is 14.2 Å². The van der Waals surface area contributed by atoms with Crippen LogP contribution in [0.5, 0.6) is 23.0 Å². The lowest BCUT2D eigenvalue weighted by molar-refractivity contribution is 0.386. The summed E-state index contributed by atoms with van der Waals surface area (Å²) < 4.78 is 16.3. The van der Waals surface area contributed by atoms with E-state index < -0.39 is 0 Å². The van der Waals surface area contributed by atoms with Crippen LogP contribution in [-0.4, -0.2) is 20.8 Å². The Morgan fingerprint density at radius 2 is 1.38 bits per heavy atom. The van der Waals surface area contributed by atoms with E-state index in [1.807, 2.05) is 30.3 Å². The third kappa shape index (κ3) is 4.39. The topological polar surface area (TPSA) is 39.7 Å². The van der Waals surface area contributed by atoms with E-state index in [4.69, 9.17) is 14.2 Å². The SMILES string of the molecule is CCNCc1ccc(Oc2cc(OC)cc(OC)c2)cc1. The molecule has 2 rings (SSSR count). The summed E-state index contributed by atoms with van der Waals surface area (Å²) in [5.41, 5.74) is 1.23. The van der Waals surface area contributed by atoms with Crippen molar-refractivity contribution in [1.82, 2.24) is 5.32 Å². The van der Waals surface area contributed by atoms with Crippen molar-refractivity contribution in [1.29, 1.82) is 0 Å². The van der Waals surface area contributed by atoms with Crippen molar-refractivity contribution in [3.05, 3.63) is 48.0 Å². The molecular formula is C17H21NO3. The van der Waals surface area contributed by atoms with Crippen LogP contribution >= 0.6 is 0 Å². The molecule has 0 aromatic heterocycles. The van der Waals surface area contributed by atoms with Crippen molar-refractivity contribution in [2.45, 2.75) is 13.5 Å². The number of hydrogen-bond donors (Lipinski definition) is 1. The van der Waals surface area contributed by atoms with Gasteiger partial charge in [0, 0.05) is 24.7 Å². The Labute approximate surface area is 125 Å². The Morgan fingerprint density at radius 1 is 0.810 bits per heavy atom. The van der Waals surface area contributed by atoms with Gasteiger partial charge in [0.1, 0.15) is 23.0 Å². The van der Waals surface area contributed by atoms with Crippen LogP contribution in [0, 0.1) is 0 Å². The van der Waals surface area contributed by atoms with Gasteiger partial charge in [0.25, 0.3) is 0 Å². The highest BCUT2D eigenvalue weighted by Crippen LogP contribution is 2.30. The molecule has 0 atom stereocenters. The average molecular weight is 287 g/mol. The number of rotatable bonds is 7. The Kier molecular flexibility index (Phi) is 5.46. The van der Waals surface area contributed by atoms with Crippen LogP contribution < -0.4 is 19.5 Å². The van der Waals surface area contributed by atoms with Crippen LogP contribution in [0.4, 0.5) is 0 Å². The van der Waals surface area contributed by atoms with Crippen LogP contribution in [0.2, 0.25) is 0 Å². The molecule has 0 amide bonds. The zero-order chi connectivity index (χ0) is 15.1. The van der Waals surface area contributed by atoms with Crippen LogP contribution in [0.15, 0.2) is 42.5 Å². The first-order valence-electron chi connectivity index (χ1n) is 6.95. The molecule has 0 spiro atoms. The number of hydrogen-bond acceptors (Lipinski definition) is 4. The van der Waals surface area contributed by atoms with Gasteiger partial charge in [0.05, 0.1) is 14.2 Å². The lowest BCUT2D eigenvalue weighted by Gasteiger charge is -2.10. The summed E-state index contributed by atoms with van der Waals surface area (Å²) in [6, 6.07) is 13.5. The fraction of sp³-hybridized carbons (Fsp3) is 0.294. The highest BCUT2D eigenvalue weighted by molar-refractivity contribution is 5.44. The number of nitrogens with one attached hydrogen (secondary N) is 1. The van der Waals surface area contributed by atoms with Gasteiger partial charge in [-0.3, -0.25) is 0 Å². The molecule has 0 saturated carbocycles. The average Bonchev–Trinajstić information content (AvgIpc) is 2.53. The van der Waals surface area contributed by atoms with E-state index in [1.165, 1.54) is 5.56 Å². The molecule has 0 radical (unpaired) electrons. The fourth-order valence-electron chi connectivity index (χ4n) is 1.92. The standard InChI is InChI=1S/C17H21NO3/c1-4-18-12-13-5-7-14(8-6-13)21-17-10-15(19-2)9-16(11-17)20-3/h5-11,18H,4,12H2,1-3H3. The van der Waals surface area contributed by atoms with Crippen molar-refractivity contribution in [2.75, 3.05) is 20.8 Å². The molecule has 2 aromatic rings. The molecule has 0 aliphatic carbocycles. The summed E-state index contributed by atoms with van der Waals surface area (Å²) in [6.07, 6.45) is 0. The lowest BCUT2D eigenvalue weighted by Crippen LogP contribution is -2.11. The first-order valence-corrected chi connectivity index (χ1v) is 6.95. The number of methoxy groups -OCH3 is 2. The molecule has 4 nitrogen and oxygen atoms in total. The van der Waals surface area contributed by atoms with Gasteiger partial charge in [0.15, 0.2) is 0 Å². The first-order chi connectivity index (χ1) is 10.2. The molecule has 0 heterocycles. The minimum atomic E-state index is 0.686. The van der Waals surface area contributed by atoms with E-state index in [2.05, 4.69) is 24.4 Å². The van der Waals surface area contributed by atoms with Gasteiger partial charge in [-0.05, 0) is 24.2 Å². The minimum Gasteiger partial charge on any atom is -0.496 e. The van der Waals surface area contributed by atoms with E-state index >= 15 is 0 Å². The molecule has 2 aromatic carbocycles. The molecule has 0 saturated heterocycles. The highest BCUT2D eigenvalue weighted by Gasteiger charge is 2.04. The van der Waals surface area contributed by atoms with Crippen LogP contribution in [0.1, 0.15) is 12.5 Å². The van der Waals surface area contributed by atoms with Crippen LogP contribution in [-0.2, 0) is 6.54 Å². The Bertz CT molecular complexity index is 544. The lowest BCUT2D eigenvalue weighted by atomic mass is 10.2. The molecule has 1 N–H and O–H groups in total. The molecule has 0 aliphatic rings. The maximum Gasteiger partial charge on any atom is 0.134 e. The van der Waals surface area contributed by atoms with Crippen LogP contribution in [0.3, 0.4) is 0 Å². The van der Waals surface area contributed by atoms with E-state index in [9.17, 15) is 0 Å². The summed E-state index contributed by atoms with van der Waals surface area (Å²) in [5.74, 6) is 2.87. The maximum atomic E-state index is 5.84. The van der Waals surface area contributed by atoms with E-state index in [1.54, 1.807) is 14.2 Å². The van der Waals surface area contributed by atoms with Crippen molar-refractivity contribution >= 4 is 0 Å². The summed E-state index contributed by atoms with van der Waals surface area (Å²) in [7, 11) is 3.24. The molecular weight excluding hydrogens is 266 g/mol. The second kappa shape index (κ2) is 7.55. The van der Waals surface area contributed by atoms with E-state index in [0.29, 0.717) is 17.2 Å². The normalized spacial score (nSPS) is 10.2. The van der Waals surface area contributed by atoms with Gasteiger partial charge in [-0.25, -0.2) is 0 Å². The maximum absolute atomic E-state index is 5.84. The second-order valence-electron chi connectivity index (χ2n) is 4.57. The van der Waals surface area contributed by atoms with Gasteiger partial charge < -0.3 is 19.5 Å². The van der Waals surface area contributed by atoms with Gasteiger partial charge in [0.2, 0.25) is 0 Å². The Morgan fingerprint density at radius 3 is 1.90 bits per heavy atom. The van der Waals surface area contributed by atoms with Crippen molar-refractivity contribution in [3.8, 4) is 23.0 Å². The molecule has 0 fully saturated rings. The van der Waals surface area contributed by atoms with Crippen molar-refractivity contribution in [3.63, 3.8) is 0 Å². The zero-order valence-corrected chi connectivity index (χ0v) is 12.7. The molecule has 0 bridgehead atoms. The van der Waals surface area contributed by atoms with E-state index in [0.717, 1.165) is 18.8 Å². The van der Waals surface area contributed by atoms with Crippen LogP contribution in [0.25, 0.3) is 0 Å². The smallest absolute Gasteiger partial charge is 0.134 e. The highest BCUT2D eigenvalue weighted by atomic mass is 16.5. The minimum absolute atomic E-state index is 0.686. The van der Waals surface area contributed by atoms with Gasteiger partial charge in [-0.1, -0.05) is 19.1 Å². The third-order valence-electron chi connectivity index (χ3n) is 3.06. The summed E-state index contributed by atoms with van der Waals surface area (Å²) >= 11 is 0. The molecule has 0 aliphatic heterocycles. The quantitative estimate of drug-likeness (QED) is 0.844. The second-order valence-corrected chi connectivity index (χ2v) is 4.57. The Hall–Kier alpha value is -2.20. The third-order valence-corrected chi connectivity index (χ3v) is 3.06. The van der Waals surface area contributed by atoms with Crippen molar-refractivity contribution in [2.24, 2.45) is 0 Å². The monoisotopic (exact) mass is 287 g/mol. The van der Waals surface area contributed by atoms with Gasteiger partial charge in [-0.2, -0.15) is 0 Å². The largest absolute Gasteiger partial charge is 0.496 e. The van der Waals surface area contributed by atoms with Gasteiger partial charge in [-0.15, -0.1) is 0 Å². The zero-order valence-electron chi connectivity index (χ0n) is 12.7. The summed E-state index contributed by atoms with van der Waals surface area (Å²) in [4.78, 5) is 0. The predicted molar refractivity (Wildman–Crippen MR) is 83.4 cm³/mol. The molecule has 4 heteroatoms. The number of ether oxygens (including phenoxy) is 3. The summed E-state index contributed by atoms with van der Waals surface area (Å²) in [5, 5.41) is 3.29. The molecule has 112 valence electrons. The molecule has 21 heavy (non-hydrogen) atoms. The van der Waals surface area contributed by atoms with Gasteiger partial charge >= 0.3 is 0 Å². The van der Waals surface area contributed by atoms with E-state index in [-0.39, 0.29) is 0 Å². The first kappa shape index (κ1) is 15.2. The predicted octanol–water partition coefficient (Wildman–Crippen LogP) is 3.61. The fourth-order valence-corrected chi connectivity index (χ4v) is 1.92. The summed E-state index contributed by atoms with van der Waals surface area (Å²) in [6.45, 7) is 3.92. The Balaban J connectivity index is 2.10. The number of benzene rings is 2.